The van der Waals surface area contributed by atoms with Crippen molar-refractivity contribution in [2.24, 2.45) is 5.73 Å². The monoisotopic (exact) mass is 231 g/mol. The van der Waals surface area contributed by atoms with E-state index in [1.165, 1.54) is 12.3 Å². The predicted molar refractivity (Wildman–Crippen MR) is 58.3 cm³/mol. The molecule has 0 aliphatic rings. The quantitative estimate of drug-likeness (QED) is 0.587. The fourth-order valence-electron chi connectivity index (χ4n) is 1.24. The second-order valence-electron chi connectivity index (χ2n) is 3.22. The molecule has 2 atom stereocenters. The molecule has 0 saturated heterocycles. The Kier molecular flexibility index (Phi) is 4.28. The molecule has 0 amide bonds. The largest absolute Gasteiger partial charge is 0.390 e. The standard InChI is InChI=1S/C9H14ClN3O2/c10-5-3-6(9(12)13-4-5)8(15)7(14)1-2-11/h3-4,7-8,14-15H,1-2,11H2,(H2,12,13). The molecule has 2 unspecified atom stereocenters. The Bertz CT molecular complexity index is 335. The minimum Gasteiger partial charge on any atom is -0.390 e. The van der Waals surface area contributed by atoms with Crippen molar-refractivity contribution >= 4 is 17.4 Å². The third-order valence-electron chi connectivity index (χ3n) is 2.06. The molecule has 0 aromatic carbocycles. The van der Waals surface area contributed by atoms with Gasteiger partial charge in [-0.3, -0.25) is 0 Å². The first-order valence-electron chi connectivity index (χ1n) is 4.53. The molecule has 1 heterocycles. The maximum absolute atomic E-state index is 9.74. The molecule has 0 aliphatic carbocycles. The van der Waals surface area contributed by atoms with Gasteiger partial charge < -0.3 is 21.7 Å². The van der Waals surface area contributed by atoms with Crippen LogP contribution < -0.4 is 11.5 Å². The molecule has 6 N–H and O–H groups in total. The van der Waals surface area contributed by atoms with E-state index in [-0.39, 0.29) is 18.8 Å². The molecule has 0 saturated carbocycles. The SMILES string of the molecule is NCCC(O)C(O)c1cc(Cl)cnc1N. The fraction of sp³-hybridized carbons (Fsp3) is 0.444. The van der Waals surface area contributed by atoms with Crippen LogP contribution in [0.1, 0.15) is 18.1 Å². The number of aromatic nitrogens is 1. The highest BCUT2D eigenvalue weighted by Crippen LogP contribution is 2.25. The molecular formula is C9H14ClN3O2. The lowest BCUT2D eigenvalue weighted by molar-refractivity contribution is 0.0153. The lowest BCUT2D eigenvalue weighted by Gasteiger charge is -2.18. The highest BCUT2D eigenvalue weighted by atomic mass is 35.5. The second kappa shape index (κ2) is 5.27. The molecule has 6 heteroatoms. The highest BCUT2D eigenvalue weighted by Gasteiger charge is 2.20. The summed E-state index contributed by atoms with van der Waals surface area (Å²) in [5, 5.41) is 19.6. The van der Waals surface area contributed by atoms with E-state index in [9.17, 15) is 10.2 Å². The summed E-state index contributed by atoms with van der Waals surface area (Å²) < 4.78 is 0. The van der Waals surface area contributed by atoms with Crippen LogP contribution in [0.15, 0.2) is 12.3 Å². The first-order chi connectivity index (χ1) is 7.06. The van der Waals surface area contributed by atoms with Gasteiger partial charge in [0.2, 0.25) is 0 Å². The van der Waals surface area contributed by atoms with Crippen LogP contribution in [0.3, 0.4) is 0 Å². The van der Waals surface area contributed by atoms with Crippen LogP contribution in [-0.2, 0) is 0 Å². The number of hydrogen-bond donors (Lipinski definition) is 4. The third kappa shape index (κ3) is 3.04. The number of anilines is 1. The van der Waals surface area contributed by atoms with Gasteiger partial charge in [0.25, 0.3) is 0 Å². The normalized spacial score (nSPS) is 14.9. The molecule has 0 radical (unpaired) electrons. The van der Waals surface area contributed by atoms with Gasteiger partial charge in [0, 0.05) is 11.8 Å². The Balaban J connectivity index is 2.89. The second-order valence-corrected chi connectivity index (χ2v) is 3.65. The molecular weight excluding hydrogens is 218 g/mol. The number of nitrogens with zero attached hydrogens (tertiary/aromatic N) is 1. The van der Waals surface area contributed by atoms with Gasteiger partial charge in [-0.2, -0.15) is 0 Å². The van der Waals surface area contributed by atoms with Crippen LogP contribution in [-0.4, -0.2) is 27.8 Å². The molecule has 5 nitrogen and oxygen atoms in total. The van der Waals surface area contributed by atoms with Crippen molar-refractivity contribution in [3.8, 4) is 0 Å². The van der Waals surface area contributed by atoms with Crippen molar-refractivity contribution in [2.45, 2.75) is 18.6 Å². The first kappa shape index (κ1) is 12.2. The minimum atomic E-state index is -1.11. The summed E-state index contributed by atoms with van der Waals surface area (Å²) in [6, 6.07) is 1.48. The van der Waals surface area contributed by atoms with Crippen molar-refractivity contribution in [3.05, 3.63) is 22.8 Å². The Hall–Kier alpha value is -0.880. The number of rotatable bonds is 4. The molecule has 0 spiro atoms. The van der Waals surface area contributed by atoms with Crippen molar-refractivity contribution in [3.63, 3.8) is 0 Å². The van der Waals surface area contributed by atoms with Gasteiger partial charge in [0.1, 0.15) is 11.9 Å². The van der Waals surface area contributed by atoms with E-state index in [1.807, 2.05) is 0 Å². The van der Waals surface area contributed by atoms with E-state index in [0.717, 1.165) is 0 Å². The highest BCUT2D eigenvalue weighted by molar-refractivity contribution is 6.30. The van der Waals surface area contributed by atoms with Crippen molar-refractivity contribution < 1.29 is 10.2 Å². The first-order valence-corrected chi connectivity index (χ1v) is 4.91. The zero-order chi connectivity index (χ0) is 11.4. The molecule has 1 rings (SSSR count). The van der Waals surface area contributed by atoms with Crippen molar-refractivity contribution in [1.29, 1.82) is 0 Å². The smallest absolute Gasteiger partial charge is 0.129 e. The average molecular weight is 232 g/mol. The van der Waals surface area contributed by atoms with Gasteiger partial charge in [-0.1, -0.05) is 11.6 Å². The summed E-state index contributed by atoms with van der Waals surface area (Å²) in [5.74, 6) is 0.156. The van der Waals surface area contributed by atoms with Gasteiger partial charge in [-0.05, 0) is 19.0 Å². The van der Waals surface area contributed by atoms with Crippen LogP contribution in [0.25, 0.3) is 0 Å². The average Bonchev–Trinajstić information content (AvgIpc) is 2.21. The lowest BCUT2D eigenvalue weighted by Crippen LogP contribution is -2.22. The molecule has 0 aliphatic heterocycles. The lowest BCUT2D eigenvalue weighted by atomic mass is 10.0. The number of hydrogen-bond acceptors (Lipinski definition) is 5. The fourth-order valence-corrected chi connectivity index (χ4v) is 1.40. The number of aliphatic hydroxyl groups excluding tert-OH is 2. The van der Waals surface area contributed by atoms with Crippen molar-refractivity contribution in [1.82, 2.24) is 4.98 Å². The Morgan fingerprint density at radius 1 is 1.47 bits per heavy atom. The third-order valence-corrected chi connectivity index (χ3v) is 2.27. The van der Waals surface area contributed by atoms with E-state index in [2.05, 4.69) is 4.98 Å². The Morgan fingerprint density at radius 2 is 2.13 bits per heavy atom. The van der Waals surface area contributed by atoms with Crippen LogP contribution in [0.2, 0.25) is 5.02 Å². The summed E-state index contributed by atoms with van der Waals surface area (Å²) >= 11 is 5.71. The summed E-state index contributed by atoms with van der Waals surface area (Å²) in [6.07, 6.45) is -0.410. The van der Waals surface area contributed by atoms with E-state index in [4.69, 9.17) is 23.1 Å². The zero-order valence-electron chi connectivity index (χ0n) is 8.10. The van der Waals surface area contributed by atoms with E-state index < -0.39 is 12.2 Å². The molecule has 84 valence electrons. The maximum atomic E-state index is 9.74. The van der Waals surface area contributed by atoms with Crippen LogP contribution in [0.4, 0.5) is 5.82 Å². The molecule has 15 heavy (non-hydrogen) atoms. The number of pyridine rings is 1. The van der Waals surface area contributed by atoms with Gasteiger partial charge >= 0.3 is 0 Å². The summed E-state index contributed by atoms with van der Waals surface area (Å²) in [5.41, 5.74) is 11.1. The van der Waals surface area contributed by atoms with Gasteiger partial charge in [0.05, 0.1) is 11.1 Å². The van der Waals surface area contributed by atoms with Crippen molar-refractivity contribution in [2.75, 3.05) is 12.3 Å². The number of nitrogen functional groups attached to an aromatic ring is 1. The number of aliphatic hydroxyl groups is 2. The van der Waals surface area contributed by atoms with E-state index >= 15 is 0 Å². The number of halogens is 1. The van der Waals surface area contributed by atoms with Gasteiger partial charge in [-0.15, -0.1) is 0 Å². The predicted octanol–water partition coefficient (Wildman–Crippen LogP) is 0.0603. The summed E-state index contributed by atoms with van der Waals surface area (Å²) in [7, 11) is 0. The van der Waals surface area contributed by atoms with Crippen LogP contribution in [0.5, 0.6) is 0 Å². The molecule has 1 aromatic rings. The summed E-state index contributed by atoms with van der Waals surface area (Å²) in [6.45, 7) is 0.284. The molecule has 0 fully saturated rings. The number of nitrogens with two attached hydrogens (primary N) is 2. The topological polar surface area (TPSA) is 105 Å². The maximum Gasteiger partial charge on any atom is 0.129 e. The molecule has 1 aromatic heterocycles. The van der Waals surface area contributed by atoms with Gasteiger partial charge in [0.15, 0.2) is 0 Å². The Labute approximate surface area is 92.7 Å². The van der Waals surface area contributed by atoms with Crippen LogP contribution >= 0.6 is 11.6 Å². The van der Waals surface area contributed by atoms with Crippen LogP contribution in [0, 0.1) is 0 Å². The summed E-state index contributed by atoms with van der Waals surface area (Å²) in [4.78, 5) is 3.79. The minimum absolute atomic E-state index is 0.156. The Morgan fingerprint density at radius 3 is 2.73 bits per heavy atom. The van der Waals surface area contributed by atoms with E-state index in [1.54, 1.807) is 0 Å². The van der Waals surface area contributed by atoms with E-state index in [0.29, 0.717) is 10.6 Å². The molecule has 0 bridgehead atoms. The van der Waals surface area contributed by atoms with Gasteiger partial charge in [-0.25, -0.2) is 4.98 Å². The zero-order valence-corrected chi connectivity index (χ0v) is 8.85.